The van der Waals surface area contributed by atoms with E-state index in [2.05, 4.69) is 25.9 Å². The highest BCUT2D eigenvalue weighted by atomic mass is 19.1. The fraction of sp³-hybridized carbons (Fsp3) is 0.304. The highest BCUT2D eigenvalue weighted by Gasteiger charge is 2.18. The molecule has 0 aliphatic rings. The van der Waals surface area contributed by atoms with Crippen molar-refractivity contribution in [1.29, 1.82) is 0 Å². The Morgan fingerprint density at radius 3 is 2.42 bits per heavy atom. The maximum absolute atomic E-state index is 14.7. The van der Waals surface area contributed by atoms with Crippen LogP contribution < -0.4 is 16.0 Å². The number of rotatable bonds is 6. The molecule has 0 saturated heterocycles. The van der Waals surface area contributed by atoms with Gasteiger partial charge in [0, 0.05) is 54.0 Å². The normalized spacial score (nSPS) is 11.4. The molecule has 1 aromatic carbocycles. The first-order valence-electron chi connectivity index (χ1n) is 10.2. The number of nitrogens with zero attached hydrogens (tertiary/aromatic N) is 2. The number of aromatic nitrogens is 2. The molecule has 174 valence electrons. The molecule has 2 heterocycles. The molecule has 10 heteroatoms. The van der Waals surface area contributed by atoms with Crippen LogP contribution in [-0.4, -0.2) is 34.1 Å². The first-order chi connectivity index (χ1) is 15.4. The van der Waals surface area contributed by atoms with Crippen molar-refractivity contribution in [3.63, 3.8) is 0 Å². The molecular weight excluding hydrogens is 435 g/mol. The molecule has 7 nitrogen and oxygen atoms in total. The van der Waals surface area contributed by atoms with Crippen molar-refractivity contribution in [3.8, 4) is 11.1 Å². The third-order valence-electron chi connectivity index (χ3n) is 4.79. The molecule has 0 unspecified atom stereocenters. The number of benzene rings is 1. The van der Waals surface area contributed by atoms with Crippen molar-refractivity contribution < 1.29 is 22.8 Å². The number of anilines is 2. The second-order valence-electron chi connectivity index (χ2n) is 8.23. The van der Waals surface area contributed by atoms with Crippen LogP contribution in [0.1, 0.15) is 32.9 Å². The smallest absolute Gasteiger partial charge is 0.319 e. The summed E-state index contributed by atoms with van der Waals surface area (Å²) in [4.78, 5) is 31.9. The Hall–Kier alpha value is -3.69. The molecule has 2 aromatic heterocycles. The average Bonchev–Trinajstić information content (AvgIpc) is 2.68. The molecule has 0 atom stereocenters. The molecule has 0 radical (unpaired) electrons. The summed E-state index contributed by atoms with van der Waals surface area (Å²) in [7, 11) is 0. The maximum Gasteiger partial charge on any atom is 0.319 e. The largest absolute Gasteiger partial charge is 0.338 e. The fourth-order valence-electron chi connectivity index (χ4n) is 3.18. The molecular formula is C23H24F3N5O2. The highest BCUT2D eigenvalue weighted by Crippen LogP contribution is 2.32. The Morgan fingerprint density at radius 1 is 1.03 bits per heavy atom. The average molecular weight is 459 g/mol. The van der Waals surface area contributed by atoms with Gasteiger partial charge in [-0.3, -0.25) is 9.78 Å². The van der Waals surface area contributed by atoms with Gasteiger partial charge in [-0.05, 0) is 39.3 Å². The van der Waals surface area contributed by atoms with Crippen LogP contribution in [0.15, 0.2) is 30.5 Å². The highest BCUT2D eigenvalue weighted by molar-refractivity contribution is 5.93. The lowest BCUT2D eigenvalue weighted by Crippen LogP contribution is -2.32. The number of nitrogens with one attached hydrogen (secondary N) is 3. The zero-order valence-electron chi connectivity index (χ0n) is 18.6. The number of carbonyl (C=O) groups is 2. The number of amides is 3. The molecule has 33 heavy (non-hydrogen) atoms. The van der Waals surface area contributed by atoms with Crippen LogP contribution in [0, 0.1) is 18.6 Å². The molecule has 3 amide bonds. The number of hydrogen-bond acceptors (Lipinski definition) is 4. The van der Waals surface area contributed by atoms with Gasteiger partial charge in [-0.2, -0.15) is 0 Å². The van der Waals surface area contributed by atoms with Gasteiger partial charge < -0.3 is 16.0 Å². The summed E-state index contributed by atoms with van der Waals surface area (Å²) < 4.78 is 42.5. The fourth-order valence-corrected chi connectivity index (χ4v) is 3.18. The number of carbonyl (C=O) groups excluding carboxylic acids is 2. The van der Waals surface area contributed by atoms with E-state index < -0.39 is 23.3 Å². The topological polar surface area (TPSA) is 96.0 Å². The summed E-state index contributed by atoms with van der Waals surface area (Å²) in [6.07, 6.45) is 1.56. The lowest BCUT2D eigenvalue weighted by Gasteiger charge is -2.15. The van der Waals surface area contributed by atoms with Gasteiger partial charge in [0.25, 0.3) is 0 Å². The van der Waals surface area contributed by atoms with Crippen LogP contribution in [0.4, 0.5) is 29.5 Å². The van der Waals surface area contributed by atoms with Gasteiger partial charge >= 0.3 is 6.03 Å². The van der Waals surface area contributed by atoms with E-state index in [4.69, 9.17) is 0 Å². The molecule has 0 saturated carbocycles. The van der Waals surface area contributed by atoms with E-state index in [-0.39, 0.29) is 30.1 Å². The number of hydrogen-bond donors (Lipinski definition) is 3. The summed E-state index contributed by atoms with van der Waals surface area (Å²) in [6, 6.07) is 4.35. The molecule has 0 bridgehead atoms. The number of alkyl halides is 1. The summed E-state index contributed by atoms with van der Waals surface area (Å²) in [5.74, 6) is -1.73. The van der Waals surface area contributed by atoms with Gasteiger partial charge in [-0.1, -0.05) is 0 Å². The lowest BCUT2D eigenvalue weighted by molar-refractivity contribution is -0.114. The second-order valence-corrected chi connectivity index (χ2v) is 8.23. The predicted molar refractivity (Wildman–Crippen MR) is 121 cm³/mol. The van der Waals surface area contributed by atoms with E-state index in [0.29, 0.717) is 34.0 Å². The maximum atomic E-state index is 14.7. The summed E-state index contributed by atoms with van der Waals surface area (Å²) in [5.41, 5.74) is -0.285. The molecule has 3 N–H and O–H groups in total. The second kappa shape index (κ2) is 9.43. The Balaban J connectivity index is 1.90. The minimum absolute atomic E-state index is 0.0365. The van der Waals surface area contributed by atoms with E-state index in [1.807, 2.05) is 0 Å². The van der Waals surface area contributed by atoms with Crippen molar-refractivity contribution in [2.75, 3.05) is 17.2 Å². The zero-order valence-corrected chi connectivity index (χ0v) is 18.6. The first-order valence-corrected chi connectivity index (χ1v) is 10.2. The number of pyridine rings is 2. The van der Waals surface area contributed by atoms with Crippen molar-refractivity contribution in [1.82, 2.24) is 15.3 Å². The number of fused-ring (bicyclic) bond motifs is 1. The van der Waals surface area contributed by atoms with Crippen LogP contribution in [0.25, 0.3) is 22.0 Å². The Bertz CT molecular complexity index is 1220. The molecule has 0 aliphatic heterocycles. The number of aryl methyl sites for hydroxylation is 1. The molecule has 0 spiro atoms. The summed E-state index contributed by atoms with van der Waals surface area (Å²) in [6.45, 7) is 5.84. The standard InChI is InChI=1S/C23H24F3N5O2/c1-12-15(7-14-11-28-21(30-13(2)32)10-19(14)29-12)16-8-20(18(25)9-17(16)24)31-22(33)27-6-5-23(3,4)26/h7-11H,5-6H2,1-4H3,(H2,27,31,33)(H,28,30,32). The summed E-state index contributed by atoms with van der Waals surface area (Å²) >= 11 is 0. The van der Waals surface area contributed by atoms with E-state index >= 15 is 0 Å². The third-order valence-corrected chi connectivity index (χ3v) is 4.79. The number of urea groups is 1. The van der Waals surface area contributed by atoms with Crippen LogP contribution in [-0.2, 0) is 4.79 Å². The van der Waals surface area contributed by atoms with Crippen molar-refractivity contribution in [3.05, 3.63) is 47.8 Å². The van der Waals surface area contributed by atoms with E-state index in [9.17, 15) is 22.8 Å². The molecule has 3 rings (SSSR count). The van der Waals surface area contributed by atoms with E-state index in [1.165, 1.54) is 33.0 Å². The molecule has 0 fully saturated rings. The monoisotopic (exact) mass is 459 g/mol. The summed E-state index contributed by atoms with van der Waals surface area (Å²) in [5, 5.41) is 7.92. The van der Waals surface area contributed by atoms with Crippen LogP contribution in [0.2, 0.25) is 0 Å². The Morgan fingerprint density at radius 2 is 1.76 bits per heavy atom. The van der Waals surface area contributed by atoms with Crippen LogP contribution in [0.3, 0.4) is 0 Å². The van der Waals surface area contributed by atoms with Gasteiger partial charge in [0.2, 0.25) is 5.91 Å². The quantitative estimate of drug-likeness (QED) is 0.478. The van der Waals surface area contributed by atoms with Gasteiger partial charge in [0.1, 0.15) is 23.1 Å². The lowest BCUT2D eigenvalue weighted by atomic mass is 10.0. The van der Waals surface area contributed by atoms with Crippen molar-refractivity contribution in [2.45, 2.75) is 39.8 Å². The van der Waals surface area contributed by atoms with Gasteiger partial charge in [-0.25, -0.2) is 22.9 Å². The SMILES string of the molecule is CC(=O)Nc1cc2nc(C)c(-c3cc(NC(=O)NCCC(C)(C)F)c(F)cc3F)cc2cn1. The molecule has 3 aromatic rings. The van der Waals surface area contributed by atoms with Gasteiger partial charge in [0.05, 0.1) is 11.2 Å². The first kappa shape index (κ1) is 24.0. The van der Waals surface area contributed by atoms with Crippen molar-refractivity contribution in [2.24, 2.45) is 0 Å². The predicted octanol–water partition coefficient (Wildman–Crippen LogP) is 5.10. The minimum atomic E-state index is -1.46. The van der Waals surface area contributed by atoms with Crippen LogP contribution >= 0.6 is 0 Å². The van der Waals surface area contributed by atoms with Crippen LogP contribution in [0.5, 0.6) is 0 Å². The molecule has 0 aliphatic carbocycles. The van der Waals surface area contributed by atoms with Crippen molar-refractivity contribution >= 4 is 34.3 Å². The zero-order chi connectivity index (χ0) is 24.3. The van der Waals surface area contributed by atoms with Gasteiger partial charge in [-0.15, -0.1) is 0 Å². The van der Waals surface area contributed by atoms with E-state index in [1.54, 1.807) is 19.1 Å². The Labute approximate surface area is 188 Å². The van der Waals surface area contributed by atoms with E-state index in [0.717, 1.165) is 0 Å². The third kappa shape index (κ3) is 6.18. The minimum Gasteiger partial charge on any atom is -0.338 e. The Kier molecular flexibility index (Phi) is 6.85. The van der Waals surface area contributed by atoms with Gasteiger partial charge in [0.15, 0.2) is 0 Å². The number of halogens is 3.